The lowest BCUT2D eigenvalue weighted by atomic mass is 10.0. The first kappa shape index (κ1) is 18.7. The molecule has 4 amide bonds. The molecule has 20 heavy (non-hydrogen) atoms. The summed E-state index contributed by atoms with van der Waals surface area (Å²) in [4.78, 5) is 37.2. The highest BCUT2D eigenvalue weighted by molar-refractivity contribution is 6.04. The summed E-state index contributed by atoms with van der Waals surface area (Å²) in [6.45, 7) is 4.20. The molecule has 1 aliphatic rings. The Labute approximate surface area is 125 Å². The van der Waals surface area contributed by atoms with Gasteiger partial charge in [0.2, 0.25) is 5.91 Å². The van der Waals surface area contributed by atoms with E-state index in [1.54, 1.807) is 0 Å². The summed E-state index contributed by atoms with van der Waals surface area (Å²) < 4.78 is 0. The SMILES string of the molecule is CC(C)CC(CN)NC(=O)CN1C(=O)CN(C)C1=O.Cl. The fourth-order valence-electron chi connectivity index (χ4n) is 2.02. The van der Waals surface area contributed by atoms with Gasteiger partial charge in [-0.15, -0.1) is 12.4 Å². The van der Waals surface area contributed by atoms with Gasteiger partial charge in [0.05, 0.1) is 0 Å². The van der Waals surface area contributed by atoms with Crippen LogP contribution in [-0.2, 0) is 9.59 Å². The van der Waals surface area contributed by atoms with E-state index in [0.29, 0.717) is 12.5 Å². The summed E-state index contributed by atoms with van der Waals surface area (Å²) >= 11 is 0. The van der Waals surface area contributed by atoms with Gasteiger partial charge in [-0.3, -0.25) is 14.5 Å². The monoisotopic (exact) mass is 306 g/mol. The standard InChI is InChI=1S/C12H22N4O3.ClH/c1-8(2)4-9(5-13)14-10(17)6-16-11(18)7-15(3)12(16)19;/h8-9H,4-7,13H2,1-3H3,(H,14,17);1H. The van der Waals surface area contributed by atoms with Gasteiger partial charge in [-0.1, -0.05) is 13.8 Å². The summed E-state index contributed by atoms with van der Waals surface area (Å²) in [5.74, 6) is -0.293. The van der Waals surface area contributed by atoms with Crippen molar-refractivity contribution in [1.29, 1.82) is 0 Å². The second-order valence-electron chi connectivity index (χ2n) is 5.25. The van der Waals surface area contributed by atoms with Gasteiger partial charge in [-0.05, 0) is 12.3 Å². The maximum absolute atomic E-state index is 11.8. The minimum atomic E-state index is -0.437. The highest BCUT2D eigenvalue weighted by atomic mass is 35.5. The Morgan fingerprint density at radius 1 is 1.40 bits per heavy atom. The second-order valence-corrected chi connectivity index (χ2v) is 5.25. The molecule has 1 atom stereocenters. The predicted molar refractivity (Wildman–Crippen MR) is 77.4 cm³/mol. The molecule has 1 fully saturated rings. The third-order valence-electron chi connectivity index (χ3n) is 2.94. The van der Waals surface area contributed by atoms with E-state index < -0.39 is 6.03 Å². The van der Waals surface area contributed by atoms with E-state index in [9.17, 15) is 14.4 Å². The fourth-order valence-corrected chi connectivity index (χ4v) is 2.02. The zero-order valence-electron chi connectivity index (χ0n) is 12.1. The van der Waals surface area contributed by atoms with Gasteiger partial charge in [0.25, 0.3) is 5.91 Å². The van der Waals surface area contributed by atoms with Crippen LogP contribution in [0.15, 0.2) is 0 Å². The first-order valence-corrected chi connectivity index (χ1v) is 6.40. The smallest absolute Gasteiger partial charge is 0.327 e. The number of imide groups is 1. The molecule has 1 saturated heterocycles. The maximum atomic E-state index is 11.8. The second kappa shape index (κ2) is 8.06. The van der Waals surface area contributed by atoms with Crippen molar-refractivity contribution < 1.29 is 14.4 Å². The van der Waals surface area contributed by atoms with Crippen LogP contribution in [0.4, 0.5) is 4.79 Å². The Bertz CT molecular complexity index is 376. The molecule has 1 heterocycles. The number of nitrogens with two attached hydrogens (primary N) is 1. The van der Waals surface area contributed by atoms with E-state index in [1.807, 2.05) is 13.8 Å². The Balaban J connectivity index is 0.00000361. The van der Waals surface area contributed by atoms with Gasteiger partial charge in [0.15, 0.2) is 0 Å². The molecule has 0 spiro atoms. The molecule has 3 N–H and O–H groups in total. The maximum Gasteiger partial charge on any atom is 0.327 e. The number of halogens is 1. The van der Waals surface area contributed by atoms with Crippen LogP contribution in [0, 0.1) is 5.92 Å². The lowest BCUT2D eigenvalue weighted by Crippen LogP contribution is -2.47. The fraction of sp³-hybridized carbons (Fsp3) is 0.750. The lowest BCUT2D eigenvalue weighted by molar-refractivity contribution is -0.131. The molecule has 0 saturated carbocycles. The van der Waals surface area contributed by atoms with Gasteiger partial charge in [-0.25, -0.2) is 4.79 Å². The predicted octanol–water partition coefficient (Wildman–Crippen LogP) is -0.208. The van der Waals surface area contributed by atoms with Crippen LogP contribution in [0.25, 0.3) is 0 Å². The number of likely N-dealkylation sites (N-methyl/N-ethyl adjacent to an activating group) is 1. The normalized spacial score (nSPS) is 16.4. The Morgan fingerprint density at radius 3 is 2.40 bits per heavy atom. The molecule has 0 aliphatic carbocycles. The van der Waals surface area contributed by atoms with E-state index in [-0.39, 0.29) is 43.4 Å². The van der Waals surface area contributed by atoms with Gasteiger partial charge in [-0.2, -0.15) is 0 Å². The van der Waals surface area contributed by atoms with Crippen LogP contribution in [-0.4, -0.2) is 60.4 Å². The highest BCUT2D eigenvalue weighted by Crippen LogP contribution is 2.08. The minimum Gasteiger partial charge on any atom is -0.351 e. The largest absolute Gasteiger partial charge is 0.351 e. The highest BCUT2D eigenvalue weighted by Gasteiger charge is 2.34. The van der Waals surface area contributed by atoms with Crippen molar-refractivity contribution in [2.75, 3.05) is 26.7 Å². The summed E-state index contributed by atoms with van der Waals surface area (Å²) in [7, 11) is 1.53. The molecule has 0 aromatic heterocycles. The van der Waals surface area contributed by atoms with Gasteiger partial charge in [0.1, 0.15) is 13.1 Å². The molecule has 1 rings (SSSR count). The minimum absolute atomic E-state index is 0. The molecule has 0 radical (unpaired) electrons. The summed E-state index contributed by atoms with van der Waals surface area (Å²) in [5, 5.41) is 2.75. The zero-order valence-corrected chi connectivity index (χ0v) is 12.9. The quantitative estimate of drug-likeness (QED) is 0.664. The van der Waals surface area contributed by atoms with E-state index in [2.05, 4.69) is 5.32 Å². The molecule has 116 valence electrons. The third kappa shape index (κ3) is 4.97. The van der Waals surface area contributed by atoms with Gasteiger partial charge < -0.3 is 16.0 Å². The van der Waals surface area contributed by atoms with Crippen LogP contribution >= 0.6 is 12.4 Å². The van der Waals surface area contributed by atoms with Crippen LogP contribution in [0.2, 0.25) is 0 Å². The number of nitrogens with zero attached hydrogens (tertiary/aromatic N) is 2. The van der Waals surface area contributed by atoms with Crippen molar-refractivity contribution in [3.05, 3.63) is 0 Å². The first-order chi connectivity index (χ1) is 8.85. The molecular formula is C12H23ClN4O3. The van der Waals surface area contributed by atoms with Crippen LogP contribution < -0.4 is 11.1 Å². The van der Waals surface area contributed by atoms with Crippen molar-refractivity contribution in [2.24, 2.45) is 11.7 Å². The van der Waals surface area contributed by atoms with Gasteiger partial charge >= 0.3 is 6.03 Å². The van der Waals surface area contributed by atoms with Crippen LogP contribution in [0.5, 0.6) is 0 Å². The van der Waals surface area contributed by atoms with Crippen LogP contribution in [0.3, 0.4) is 0 Å². The van der Waals surface area contributed by atoms with E-state index in [1.165, 1.54) is 11.9 Å². The van der Waals surface area contributed by atoms with Crippen molar-refractivity contribution >= 4 is 30.3 Å². The van der Waals surface area contributed by atoms with Crippen molar-refractivity contribution in [2.45, 2.75) is 26.3 Å². The Morgan fingerprint density at radius 2 is 2.00 bits per heavy atom. The van der Waals surface area contributed by atoms with Crippen molar-refractivity contribution in [1.82, 2.24) is 15.1 Å². The lowest BCUT2D eigenvalue weighted by Gasteiger charge is -2.20. The number of carbonyl (C=O) groups is 3. The number of hydrogen-bond acceptors (Lipinski definition) is 4. The number of amides is 4. The van der Waals surface area contributed by atoms with Gasteiger partial charge in [0, 0.05) is 19.6 Å². The van der Waals surface area contributed by atoms with E-state index in [0.717, 1.165) is 11.3 Å². The molecular weight excluding hydrogens is 284 g/mol. The summed E-state index contributed by atoms with van der Waals surface area (Å²) in [6, 6.07) is -0.564. The molecule has 1 aliphatic heterocycles. The number of rotatable bonds is 6. The average Bonchev–Trinajstić information content (AvgIpc) is 2.54. The third-order valence-corrected chi connectivity index (χ3v) is 2.94. The van der Waals surface area contributed by atoms with Crippen molar-refractivity contribution in [3.63, 3.8) is 0 Å². The number of carbonyl (C=O) groups excluding carboxylic acids is 3. The van der Waals surface area contributed by atoms with E-state index in [4.69, 9.17) is 5.73 Å². The molecule has 0 bridgehead atoms. The molecule has 1 unspecified atom stereocenters. The molecule has 0 aromatic carbocycles. The average molecular weight is 307 g/mol. The molecule has 8 heteroatoms. The molecule has 0 aromatic rings. The number of urea groups is 1. The Hall–Kier alpha value is -1.34. The first-order valence-electron chi connectivity index (χ1n) is 6.40. The van der Waals surface area contributed by atoms with E-state index >= 15 is 0 Å². The molecule has 7 nitrogen and oxygen atoms in total. The Kier molecular flexibility index (Phi) is 7.52. The zero-order chi connectivity index (χ0) is 14.6. The van der Waals surface area contributed by atoms with Crippen LogP contribution in [0.1, 0.15) is 20.3 Å². The number of hydrogen-bond donors (Lipinski definition) is 2. The number of nitrogens with one attached hydrogen (secondary N) is 1. The van der Waals surface area contributed by atoms with Crippen molar-refractivity contribution in [3.8, 4) is 0 Å². The topological polar surface area (TPSA) is 95.7 Å². The summed E-state index contributed by atoms with van der Waals surface area (Å²) in [6.07, 6.45) is 0.768. The summed E-state index contributed by atoms with van der Waals surface area (Å²) in [5.41, 5.74) is 5.58.